The zero-order valence-corrected chi connectivity index (χ0v) is 13.2. The smallest absolute Gasteiger partial charge is 0.339 e. The van der Waals surface area contributed by atoms with E-state index < -0.39 is 16.0 Å². The quantitative estimate of drug-likeness (QED) is 0.790. The summed E-state index contributed by atoms with van der Waals surface area (Å²) >= 11 is 0. The third-order valence-corrected chi connectivity index (χ3v) is 5.73. The Labute approximate surface area is 130 Å². The van der Waals surface area contributed by atoms with E-state index in [4.69, 9.17) is 5.26 Å². The first-order valence-electron chi connectivity index (χ1n) is 7.13. The third-order valence-electron chi connectivity index (χ3n) is 3.71. The molecule has 0 N–H and O–H groups in total. The monoisotopic (exact) mass is 322 g/mol. The average molecular weight is 322 g/mol. The van der Waals surface area contributed by atoms with E-state index in [0.717, 1.165) is 19.3 Å². The van der Waals surface area contributed by atoms with Gasteiger partial charge in [-0.2, -0.15) is 9.57 Å². The lowest BCUT2D eigenvalue weighted by atomic mass is 10.1. The maximum atomic E-state index is 12.6. The molecular formula is C15H18N2O4S. The van der Waals surface area contributed by atoms with Gasteiger partial charge >= 0.3 is 5.97 Å². The summed E-state index contributed by atoms with van der Waals surface area (Å²) < 4.78 is 31.4. The summed E-state index contributed by atoms with van der Waals surface area (Å²) in [4.78, 5) is 11.7. The van der Waals surface area contributed by atoms with Crippen molar-refractivity contribution >= 4 is 16.0 Å². The normalized spacial score (nSPS) is 19.4. The Morgan fingerprint density at radius 1 is 1.36 bits per heavy atom. The fourth-order valence-corrected chi connectivity index (χ4v) is 4.21. The Bertz CT molecular complexity index is 676. The van der Waals surface area contributed by atoms with Crippen LogP contribution in [0.2, 0.25) is 0 Å². The van der Waals surface area contributed by atoms with Crippen LogP contribution in [0.3, 0.4) is 0 Å². The van der Waals surface area contributed by atoms with Gasteiger partial charge in [0, 0.05) is 12.6 Å². The predicted octanol–water partition coefficient (Wildman–Crippen LogP) is 1.93. The van der Waals surface area contributed by atoms with Gasteiger partial charge in [-0.25, -0.2) is 13.2 Å². The maximum absolute atomic E-state index is 12.6. The second-order valence-electron chi connectivity index (χ2n) is 5.22. The summed E-state index contributed by atoms with van der Waals surface area (Å²) in [7, 11) is -3.54. The van der Waals surface area contributed by atoms with Gasteiger partial charge in [0.15, 0.2) is 6.61 Å². The number of nitriles is 1. The summed E-state index contributed by atoms with van der Waals surface area (Å²) in [6, 6.07) is 7.30. The van der Waals surface area contributed by atoms with Crippen LogP contribution in [0, 0.1) is 11.3 Å². The van der Waals surface area contributed by atoms with E-state index in [1.54, 1.807) is 6.07 Å². The Hall–Kier alpha value is -1.91. The van der Waals surface area contributed by atoms with Crippen molar-refractivity contribution in [2.45, 2.75) is 37.1 Å². The number of ether oxygens (including phenoxy) is 1. The molecule has 1 atom stereocenters. The van der Waals surface area contributed by atoms with Gasteiger partial charge in [-0.3, -0.25) is 0 Å². The second-order valence-corrected chi connectivity index (χ2v) is 7.11. The van der Waals surface area contributed by atoms with Crippen LogP contribution in [0.1, 0.15) is 36.5 Å². The minimum absolute atomic E-state index is 0.0148. The molecule has 1 unspecified atom stereocenters. The van der Waals surface area contributed by atoms with Crippen molar-refractivity contribution in [2.24, 2.45) is 0 Å². The molecule has 118 valence electrons. The van der Waals surface area contributed by atoms with E-state index in [1.165, 1.54) is 28.6 Å². The number of esters is 1. The van der Waals surface area contributed by atoms with Crippen LogP contribution < -0.4 is 0 Å². The molecule has 22 heavy (non-hydrogen) atoms. The van der Waals surface area contributed by atoms with Gasteiger partial charge in [-0.05, 0) is 44.0 Å². The molecule has 0 aliphatic carbocycles. The van der Waals surface area contributed by atoms with Crippen LogP contribution in [0.15, 0.2) is 29.2 Å². The number of nitrogens with zero attached hydrogens (tertiary/aromatic N) is 2. The van der Waals surface area contributed by atoms with Crippen LogP contribution in [-0.4, -0.2) is 37.9 Å². The molecule has 0 bridgehead atoms. The Kier molecular flexibility index (Phi) is 5.16. The van der Waals surface area contributed by atoms with Crippen molar-refractivity contribution in [3.05, 3.63) is 29.8 Å². The van der Waals surface area contributed by atoms with Crippen LogP contribution in [0.4, 0.5) is 0 Å². The summed E-state index contributed by atoms with van der Waals surface area (Å²) in [5.74, 6) is -0.642. The van der Waals surface area contributed by atoms with E-state index in [0.29, 0.717) is 6.54 Å². The Balaban J connectivity index is 2.19. The van der Waals surface area contributed by atoms with E-state index in [-0.39, 0.29) is 23.1 Å². The number of carbonyl (C=O) groups is 1. The minimum Gasteiger partial charge on any atom is -0.447 e. The molecule has 0 spiro atoms. The Morgan fingerprint density at radius 2 is 2.05 bits per heavy atom. The number of sulfonamides is 1. The number of rotatable bonds is 4. The van der Waals surface area contributed by atoms with E-state index in [2.05, 4.69) is 4.74 Å². The van der Waals surface area contributed by atoms with E-state index in [1.807, 2.05) is 6.92 Å². The molecule has 6 nitrogen and oxygen atoms in total. The lowest BCUT2D eigenvalue weighted by molar-refractivity contribution is 0.0555. The minimum atomic E-state index is -3.54. The summed E-state index contributed by atoms with van der Waals surface area (Å²) in [6.07, 6.45) is 2.76. The Morgan fingerprint density at radius 3 is 2.64 bits per heavy atom. The molecule has 1 saturated heterocycles. The van der Waals surface area contributed by atoms with Gasteiger partial charge in [0.2, 0.25) is 10.0 Å². The van der Waals surface area contributed by atoms with Gasteiger partial charge in [0.25, 0.3) is 0 Å². The fraction of sp³-hybridized carbons (Fsp3) is 0.467. The van der Waals surface area contributed by atoms with Gasteiger partial charge in [-0.1, -0.05) is 6.42 Å². The van der Waals surface area contributed by atoms with Crippen LogP contribution >= 0.6 is 0 Å². The highest BCUT2D eigenvalue weighted by Crippen LogP contribution is 2.25. The fourth-order valence-electron chi connectivity index (χ4n) is 2.51. The third kappa shape index (κ3) is 3.46. The molecule has 1 heterocycles. The van der Waals surface area contributed by atoms with Crippen LogP contribution in [0.25, 0.3) is 0 Å². The van der Waals surface area contributed by atoms with Crippen molar-refractivity contribution in [3.8, 4) is 6.07 Å². The van der Waals surface area contributed by atoms with Crippen molar-refractivity contribution in [3.63, 3.8) is 0 Å². The van der Waals surface area contributed by atoms with Crippen LogP contribution in [0.5, 0.6) is 0 Å². The molecule has 1 aliphatic heterocycles. The number of hydrogen-bond donors (Lipinski definition) is 0. The SMILES string of the molecule is CC1CCCCN1S(=O)(=O)c1ccc(C(=O)OCC#N)cc1. The van der Waals surface area contributed by atoms with Gasteiger partial charge < -0.3 is 4.74 Å². The first-order valence-corrected chi connectivity index (χ1v) is 8.57. The molecular weight excluding hydrogens is 304 g/mol. The molecule has 1 aromatic carbocycles. The first-order chi connectivity index (χ1) is 10.5. The second kappa shape index (κ2) is 6.90. The zero-order valence-electron chi connectivity index (χ0n) is 12.4. The number of carbonyl (C=O) groups excluding carboxylic acids is 1. The molecule has 0 amide bonds. The molecule has 0 radical (unpaired) electrons. The average Bonchev–Trinajstić information content (AvgIpc) is 2.53. The lowest BCUT2D eigenvalue weighted by Crippen LogP contribution is -2.41. The van der Waals surface area contributed by atoms with Crippen LogP contribution in [-0.2, 0) is 14.8 Å². The molecule has 1 aromatic rings. The summed E-state index contributed by atoms with van der Waals surface area (Å²) in [5.41, 5.74) is 0.223. The predicted molar refractivity (Wildman–Crippen MR) is 79.5 cm³/mol. The highest BCUT2D eigenvalue weighted by Gasteiger charge is 2.30. The van der Waals surface area contributed by atoms with E-state index in [9.17, 15) is 13.2 Å². The van der Waals surface area contributed by atoms with Gasteiger partial charge in [0.1, 0.15) is 6.07 Å². The summed E-state index contributed by atoms with van der Waals surface area (Å²) in [6.45, 7) is 2.10. The highest BCUT2D eigenvalue weighted by molar-refractivity contribution is 7.89. The van der Waals surface area contributed by atoms with Crippen molar-refractivity contribution in [2.75, 3.05) is 13.2 Å². The summed E-state index contributed by atoms with van der Waals surface area (Å²) in [5, 5.41) is 8.37. The number of benzene rings is 1. The molecule has 0 saturated carbocycles. The molecule has 0 aromatic heterocycles. The number of piperidine rings is 1. The zero-order chi connectivity index (χ0) is 16.2. The lowest BCUT2D eigenvalue weighted by Gasteiger charge is -2.32. The largest absolute Gasteiger partial charge is 0.447 e. The number of hydrogen-bond acceptors (Lipinski definition) is 5. The van der Waals surface area contributed by atoms with Gasteiger partial charge in [-0.15, -0.1) is 0 Å². The standard InChI is InChI=1S/C15H18N2O4S/c1-12-4-2-3-10-17(12)22(19,20)14-7-5-13(6-8-14)15(18)21-11-9-16/h5-8,12H,2-4,10-11H2,1H3. The first kappa shape index (κ1) is 16.5. The van der Waals surface area contributed by atoms with E-state index >= 15 is 0 Å². The molecule has 1 fully saturated rings. The maximum Gasteiger partial charge on any atom is 0.339 e. The molecule has 1 aliphatic rings. The topological polar surface area (TPSA) is 87.5 Å². The van der Waals surface area contributed by atoms with Crippen molar-refractivity contribution < 1.29 is 17.9 Å². The van der Waals surface area contributed by atoms with Crippen molar-refractivity contribution in [1.82, 2.24) is 4.31 Å². The van der Waals surface area contributed by atoms with Gasteiger partial charge in [0.05, 0.1) is 10.5 Å². The molecule has 2 rings (SSSR count). The molecule has 7 heteroatoms. The highest BCUT2D eigenvalue weighted by atomic mass is 32.2. The van der Waals surface area contributed by atoms with Crippen molar-refractivity contribution in [1.29, 1.82) is 5.26 Å².